The molecule has 11 aromatic rings. The predicted molar refractivity (Wildman–Crippen MR) is 310 cm³/mol. The van der Waals surface area contributed by atoms with Gasteiger partial charge >= 0.3 is 0 Å². The third-order valence-corrected chi connectivity index (χ3v) is 17.8. The molecular formula is C74H55N. The molecular weight excluding hydrogens is 903 g/mol. The molecule has 1 fully saturated rings. The molecule has 1 heteroatoms. The van der Waals surface area contributed by atoms with Gasteiger partial charge in [-0.3, -0.25) is 0 Å². The summed E-state index contributed by atoms with van der Waals surface area (Å²) in [5.74, 6) is 0. The van der Waals surface area contributed by atoms with Crippen LogP contribution >= 0.6 is 0 Å². The summed E-state index contributed by atoms with van der Waals surface area (Å²) in [6.45, 7) is 0. The molecule has 0 unspecified atom stereocenters. The van der Waals surface area contributed by atoms with Crippen LogP contribution in [0, 0.1) is 0 Å². The normalized spacial score (nSPS) is 15.5. The monoisotopic (exact) mass is 957 g/mol. The minimum absolute atomic E-state index is 0.0369. The van der Waals surface area contributed by atoms with Crippen LogP contribution in [-0.4, -0.2) is 0 Å². The topological polar surface area (TPSA) is 3.24 Å². The summed E-state index contributed by atoms with van der Waals surface area (Å²) in [7, 11) is 0. The van der Waals surface area contributed by atoms with Crippen LogP contribution in [0.2, 0.25) is 0 Å². The van der Waals surface area contributed by atoms with E-state index >= 15 is 0 Å². The fourth-order valence-electron chi connectivity index (χ4n) is 14.9. The maximum absolute atomic E-state index is 2.60. The second-order valence-electron chi connectivity index (χ2n) is 21.3. The summed E-state index contributed by atoms with van der Waals surface area (Å²) in [4.78, 5) is 2.60. The van der Waals surface area contributed by atoms with Crippen LogP contribution in [0.5, 0.6) is 0 Å². The van der Waals surface area contributed by atoms with E-state index in [1.165, 1.54) is 132 Å². The van der Waals surface area contributed by atoms with Crippen LogP contribution in [0.25, 0.3) is 44.5 Å². The molecule has 0 heterocycles. The number of rotatable bonds is 8. The maximum atomic E-state index is 2.60. The summed E-state index contributed by atoms with van der Waals surface area (Å²) >= 11 is 0. The zero-order chi connectivity index (χ0) is 49.6. The highest BCUT2D eigenvalue weighted by Gasteiger charge is 2.49. The van der Waals surface area contributed by atoms with Crippen molar-refractivity contribution in [1.82, 2.24) is 0 Å². The Kier molecular flexibility index (Phi) is 10.0. The van der Waals surface area contributed by atoms with Gasteiger partial charge in [-0.1, -0.05) is 262 Å². The number of benzene rings is 11. The number of para-hydroxylation sites is 1. The molecule has 356 valence electrons. The van der Waals surface area contributed by atoms with Crippen molar-refractivity contribution in [2.75, 3.05) is 4.90 Å². The maximum Gasteiger partial charge on any atom is 0.0714 e. The Morgan fingerprint density at radius 1 is 0.253 bits per heavy atom. The van der Waals surface area contributed by atoms with Crippen LogP contribution in [0.3, 0.4) is 0 Å². The highest BCUT2D eigenvalue weighted by molar-refractivity contribution is 6.00. The Morgan fingerprint density at radius 3 is 1.12 bits per heavy atom. The number of hydrogen-bond donors (Lipinski definition) is 0. The van der Waals surface area contributed by atoms with Crippen LogP contribution in [0.1, 0.15) is 87.7 Å². The number of hydrogen-bond acceptors (Lipinski definition) is 1. The summed E-state index contributed by atoms with van der Waals surface area (Å²) in [6, 6.07) is 104. The van der Waals surface area contributed by atoms with Gasteiger partial charge in [0.05, 0.1) is 16.5 Å². The number of anilines is 3. The van der Waals surface area contributed by atoms with Gasteiger partial charge in [0.2, 0.25) is 0 Å². The molecule has 0 amide bonds. The molecule has 4 aliphatic rings. The zero-order valence-electron chi connectivity index (χ0n) is 42.0. The molecule has 1 spiro atoms. The first-order chi connectivity index (χ1) is 37.2. The molecule has 0 N–H and O–H groups in total. The summed E-state index contributed by atoms with van der Waals surface area (Å²) in [6.07, 6.45) is 6.21. The van der Waals surface area contributed by atoms with Crippen molar-refractivity contribution in [3.05, 3.63) is 329 Å². The molecule has 75 heavy (non-hydrogen) atoms. The molecule has 11 aromatic carbocycles. The van der Waals surface area contributed by atoms with E-state index in [2.05, 4.69) is 278 Å². The standard InChI is InChI=1S/C74H55N/c1-6-25-51(26-7-1)73(52-27-8-2-9-28-52)65-39-19-14-33-57(65)59-45-43-55(49-68(59)73)75(70-42-21-17-35-61(70)62-37-24-41-67-71(62)63-36-16-18-38-64(63)72(67)47-22-5-23-48-72)56-44-46-60-58-34-15-20-40-66(58)74(69(60)50-56,53-29-10-3-11-30-53)54-31-12-4-13-32-54/h1-4,6-21,24-46,49-50H,5,22-23,47-48H2. The van der Waals surface area contributed by atoms with E-state index in [0.29, 0.717) is 0 Å². The minimum atomic E-state index is -0.566. The number of nitrogens with zero attached hydrogens (tertiary/aromatic N) is 1. The summed E-state index contributed by atoms with van der Waals surface area (Å²) in [5, 5.41) is 0. The SMILES string of the molecule is c1ccc(C2(c3ccccc3)c3ccccc3-c3ccc(N(c4ccc5c(c4)C(c4ccccc4)(c4ccccc4)c4ccccc4-5)c4ccccc4-c4cccc5c4-c4ccccc4C54CCCCC4)cc32)cc1. The Morgan fingerprint density at radius 2 is 0.627 bits per heavy atom. The van der Waals surface area contributed by atoms with Gasteiger partial charge in [-0.15, -0.1) is 0 Å². The molecule has 0 atom stereocenters. The second-order valence-corrected chi connectivity index (χ2v) is 21.3. The van der Waals surface area contributed by atoms with Gasteiger partial charge in [-0.2, -0.15) is 0 Å². The van der Waals surface area contributed by atoms with E-state index in [1.807, 2.05) is 0 Å². The van der Waals surface area contributed by atoms with Crippen molar-refractivity contribution in [3.8, 4) is 44.5 Å². The van der Waals surface area contributed by atoms with Crippen molar-refractivity contribution >= 4 is 17.1 Å². The van der Waals surface area contributed by atoms with Crippen molar-refractivity contribution in [2.24, 2.45) is 0 Å². The lowest BCUT2D eigenvalue weighted by atomic mass is 9.67. The molecule has 1 nitrogen and oxygen atoms in total. The smallest absolute Gasteiger partial charge is 0.0714 e. The van der Waals surface area contributed by atoms with E-state index in [0.717, 1.165) is 17.1 Å². The van der Waals surface area contributed by atoms with Gasteiger partial charge < -0.3 is 4.90 Å². The minimum Gasteiger partial charge on any atom is -0.310 e. The largest absolute Gasteiger partial charge is 0.310 e. The van der Waals surface area contributed by atoms with Crippen molar-refractivity contribution in [2.45, 2.75) is 48.3 Å². The predicted octanol–water partition coefficient (Wildman–Crippen LogP) is 18.8. The molecule has 0 aromatic heterocycles. The van der Waals surface area contributed by atoms with E-state index in [4.69, 9.17) is 0 Å². The quantitative estimate of drug-likeness (QED) is 0.147. The van der Waals surface area contributed by atoms with Gasteiger partial charge in [0.25, 0.3) is 0 Å². The van der Waals surface area contributed by atoms with E-state index < -0.39 is 10.8 Å². The Balaban J connectivity index is 1.03. The summed E-state index contributed by atoms with van der Waals surface area (Å²) < 4.78 is 0. The lowest BCUT2D eigenvalue weighted by Gasteiger charge is -2.36. The van der Waals surface area contributed by atoms with Gasteiger partial charge in [0.1, 0.15) is 0 Å². The lowest BCUT2D eigenvalue weighted by molar-refractivity contribution is 0.353. The number of fused-ring (bicyclic) bond motifs is 11. The van der Waals surface area contributed by atoms with Crippen LogP contribution in [0.4, 0.5) is 17.1 Å². The molecule has 0 saturated heterocycles. The Bertz CT molecular complexity index is 3720. The van der Waals surface area contributed by atoms with Gasteiger partial charge in [-0.05, 0) is 138 Å². The average molecular weight is 958 g/mol. The summed E-state index contributed by atoms with van der Waals surface area (Å²) in [5.41, 5.74) is 25.9. The van der Waals surface area contributed by atoms with Gasteiger partial charge in [0, 0.05) is 22.4 Å². The molecule has 15 rings (SSSR count). The van der Waals surface area contributed by atoms with E-state index in [-0.39, 0.29) is 5.41 Å². The molecule has 0 bridgehead atoms. The molecule has 1 saturated carbocycles. The van der Waals surface area contributed by atoms with Crippen LogP contribution in [-0.2, 0) is 16.2 Å². The average Bonchev–Trinajstić information content (AvgIpc) is 4.21. The third-order valence-electron chi connectivity index (χ3n) is 17.8. The molecule has 4 aliphatic carbocycles. The lowest BCUT2D eigenvalue weighted by Crippen LogP contribution is -2.29. The van der Waals surface area contributed by atoms with Crippen LogP contribution in [0.15, 0.2) is 273 Å². The fraction of sp³-hybridized carbons (Fsp3) is 0.108. The second kappa shape index (κ2) is 17.2. The third kappa shape index (κ3) is 6.19. The molecule has 0 aliphatic heterocycles. The van der Waals surface area contributed by atoms with Crippen molar-refractivity contribution in [1.29, 1.82) is 0 Å². The highest BCUT2D eigenvalue weighted by atomic mass is 15.1. The van der Waals surface area contributed by atoms with Gasteiger partial charge in [-0.25, -0.2) is 0 Å². The first kappa shape index (κ1) is 43.8. The first-order valence-corrected chi connectivity index (χ1v) is 27.1. The van der Waals surface area contributed by atoms with E-state index in [9.17, 15) is 0 Å². The highest BCUT2D eigenvalue weighted by Crippen LogP contribution is 2.62. The zero-order valence-corrected chi connectivity index (χ0v) is 42.0. The molecule has 0 radical (unpaired) electrons. The fourth-order valence-corrected chi connectivity index (χ4v) is 14.9. The van der Waals surface area contributed by atoms with Crippen molar-refractivity contribution < 1.29 is 0 Å². The van der Waals surface area contributed by atoms with Crippen molar-refractivity contribution in [3.63, 3.8) is 0 Å². The van der Waals surface area contributed by atoms with Gasteiger partial charge in [0.15, 0.2) is 0 Å². The Hall–Kier alpha value is -8.78. The Labute approximate surface area is 441 Å². The van der Waals surface area contributed by atoms with Crippen LogP contribution < -0.4 is 4.90 Å². The van der Waals surface area contributed by atoms with E-state index in [1.54, 1.807) is 0 Å². The first-order valence-electron chi connectivity index (χ1n) is 27.1.